The molecule has 0 heterocycles. The highest BCUT2D eigenvalue weighted by Gasteiger charge is 2.61. The van der Waals surface area contributed by atoms with Gasteiger partial charge in [0, 0.05) is 0 Å². The molecule has 0 aromatic heterocycles. The first-order valence-electron chi connectivity index (χ1n) is 4.50. The summed E-state index contributed by atoms with van der Waals surface area (Å²) in [6.45, 7) is 3.44. The number of esters is 1. The maximum atomic E-state index is 13.1. The Kier molecular flexibility index (Phi) is 2.83. The number of carbonyl (C=O) groups excluding carboxylic acids is 1. The van der Waals surface area contributed by atoms with E-state index in [-0.39, 0.29) is 0 Å². The zero-order valence-corrected chi connectivity index (χ0v) is 8.78. The number of allylic oxidation sites excluding steroid dienone is 1. The second-order valence-electron chi connectivity index (χ2n) is 4.17. The molecule has 0 aliphatic heterocycles. The Balaban J connectivity index is 2.78. The molecule has 1 aliphatic rings. The SMILES string of the molecule is COC(=O)C(F)=C[C@@H]1[C@H](C(=O)O)C1(C)C. The number of carboxylic acids is 1. The van der Waals surface area contributed by atoms with E-state index in [1.807, 2.05) is 0 Å². The van der Waals surface area contributed by atoms with Crippen LogP contribution in [0, 0.1) is 17.3 Å². The topological polar surface area (TPSA) is 63.6 Å². The van der Waals surface area contributed by atoms with Gasteiger partial charge in [-0.15, -0.1) is 0 Å². The molecule has 1 N–H and O–H groups in total. The van der Waals surface area contributed by atoms with Gasteiger partial charge < -0.3 is 9.84 Å². The number of hydrogen-bond donors (Lipinski definition) is 1. The van der Waals surface area contributed by atoms with Crippen molar-refractivity contribution in [3.8, 4) is 0 Å². The highest BCUT2D eigenvalue weighted by molar-refractivity contribution is 5.86. The average molecular weight is 216 g/mol. The normalized spacial score (nSPS) is 28.4. The molecule has 2 atom stereocenters. The van der Waals surface area contributed by atoms with E-state index in [1.165, 1.54) is 0 Å². The molecule has 0 spiro atoms. The predicted octanol–water partition coefficient (Wildman–Crippen LogP) is 1.37. The van der Waals surface area contributed by atoms with E-state index in [2.05, 4.69) is 4.74 Å². The van der Waals surface area contributed by atoms with Crippen LogP contribution >= 0.6 is 0 Å². The van der Waals surface area contributed by atoms with Crippen LogP contribution in [0.5, 0.6) is 0 Å². The van der Waals surface area contributed by atoms with Crippen LogP contribution in [0.3, 0.4) is 0 Å². The molecule has 1 aliphatic carbocycles. The molecule has 15 heavy (non-hydrogen) atoms. The molecule has 0 aromatic carbocycles. The Morgan fingerprint density at radius 1 is 1.47 bits per heavy atom. The van der Waals surface area contributed by atoms with Gasteiger partial charge in [0.15, 0.2) is 0 Å². The molecule has 1 rings (SSSR count). The summed E-state index contributed by atoms with van der Waals surface area (Å²) in [5.41, 5.74) is -0.503. The number of ether oxygens (including phenoxy) is 1. The van der Waals surface area contributed by atoms with Gasteiger partial charge in [-0.05, 0) is 17.4 Å². The summed E-state index contributed by atoms with van der Waals surface area (Å²) in [7, 11) is 1.07. The summed E-state index contributed by atoms with van der Waals surface area (Å²) in [5, 5.41) is 8.80. The Morgan fingerprint density at radius 3 is 2.33 bits per heavy atom. The first-order valence-corrected chi connectivity index (χ1v) is 4.50. The highest BCUT2D eigenvalue weighted by Crippen LogP contribution is 2.59. The van der Waals surface area contributed by atoms with Crippen LogP contribution in [-0.4, -0.2) is 24.2 Å². The summed E-state index contributed by atoms with van der Waals surface area (Å²) >= 11 is 0. The molecule has 5 heteroatoms. The molecule has 0 amide bonds. The van der Waals surface area contributed by atoms with Crippen LogP contribution in [-0.2, 0) is 14.3 Å². The molecule has 0 saturated heterocycles. The average Bonchev–Trinajstić information content (AvgIpc) is 2.66. The van der Waals surface area contributed by atoms with Gasteiger partial charge >= 0.3 is 11.9 Å². The van der Waals surface area contributed by atoms with Gasteiger partial charge in [0.2, 0.25) is 5.83 Å². The number of carbonyl (C=O) groups is 2. The molecular formula is C10H13FO4. The summed E-state index contributed by atoms with van der Waals surface area (Å²) < 4.78 is 17.2. The van der Waals surface area contributed by atoms with Crippen molar-refractivity contribution in [2.75, 3.05) is 7.11 Å². The van der Waals surface area contributed by atoms with Crippen molar-refractivity contribution in [2.45, 2.75) is 13.8 Å². The number of carboxylic acid groups (broad SMARTS) is 1. The van der Waals surface area contributed by atoms with Crippen molar-refractivity contribution in [1.82, 2.24) is 0 Å². The molecule has 84 valence electrons. The van der Waals surface area contributed by atoms with Crippen LogP contribution in [0.2, 0.25) is 0 Å². The van der Waals surface area contributed by atoms with Crippen molar-refractivity contribution in [3.05, 3.63) is 11.9 Å². The second-order valence-corrected chi connectivity index (χ2v) is 4.17. The third-order valence-electron chi connectivity index (χ3n) is 2.88. The molecule has 0 unspecified atom stereocenters. The van der Waals surface area contributed by atoms with Crippen molar-refractivity contribution >= 4 is 11.9 Å². The van der Waals surface area contributed by atoms with E-state index in [1.54, 1.807) is 13.8 Å². The number of methoxy groups -OCH3 is 1. The van der Waals surface area contributed by atoms with Crippen LogP contribution in [0.1, 0.15) is 13.8 Å². The van der Waals surface area contributed by atoms with E-state index < -0.39 is 35.0 Å². The lowest BCUT2D eigenvalue weighted by Crippen LogP contribution is -2.03. The summed E-state index contributed by atoms with van der Waals surface area (Å²) in [6.07, 6.45) is 1.03. The predicted molar refractivity (Wildman–Crippen MR) is 49.6 cm³/mol. The lowest BCUT2D eigenvalue weighted by atomic mass is 10.1. The van der Waals surface area contributed by atoms with Crippen molar-refractivity contribution < 1.29 is 23.8 Å². The minimum Gasteiger partial charge on any atom is -0.481 e. The lowest BCUT2D eigenvalue weighted by Gasteiger charge is -1.97. The fourth-order valence-corrected chi connectivity index (χ4v) is 1.78. The van der Waals surface area contributed by atoms with Gasteiger partial charge in [0.25, 0.3) is 0 Å². The fraction of sp³-hybridized carbons (Fsp3) is 0.600. The van der Waals surface area contributed by atoms with E-state index in [4.69, 9.17) is 5.11 Å². The number of halogens is 1. The molecule has 1 fully saturated rings. The second kappa shape index (κ2) is 3.64. The quantitative estimate of drug-likeness (QED) is 0.571. The third-order valence-corrected chi connectivity index (χ3v) is 2.88. The van der Waals surface area contributed by atoms with Crippen LogP contribution in [0.15, 0.2) is 11.9 Å². The minimum atomic E-state index is -1.07. The van der Waals surface area contributed by atoms with E-state index in [9.17, 15) is 14.0 Å². The maximum absolute atomic E-state index is 13.1. The molecule has 0 bridgehead atoms. The van der Waals surface area contributed by atoms with Gasteiger partial charge in [-0.25, -0.2) is 4.79 Å². The smallest absolute Gasteiger partial charge is 0.366 e. The number of hydrogen-bond acceptors (Lipinski definition) is 3. The van der Waals surface area contributed by atoms with Crippen LogP contribution in [0.25, 0.3) is 0 Å². The summed E-state index contributed by atoms with van der Waals surface area (Å²) in [6, 6.07) is 0. The van der Waals surface area contributed by atoms with Gasteiger partial charge in [-0.1, -0.05) is 13.8 Å². The van der Waals surface area contributed by atoms with Crippen LogP contribution in [0.4, 0.5) is 4.39 Å². The van der Waals surface area contributed by atoms with Gasteiger partial charge in [-0.2, -0.15) is 4.39 Å². The lowest BCUT2D eigenvalue weighted by molar-refractivity contribution is -0.140. The molecular weight excluding hydrogens is 203 g/mol. The maximum Gasteiger partial charge on any atom is 0.366 e. The van der Waals surface area contributed by atoms with E-state index in [0.717, 1.165) is 13.2 Å². The Bertz CT molecular complexity index is 332. The molecule has 4 nitrogen and oxygen atoms in total. The molecule has 0 aromatic rings. The van der Waals surface area contributed by atoms with E-state index >= 15 is 0 Å². The number of aliphatic carboxylic acids is 1. The standard InChI is InChI=1S/C10H13FO4/c1-10(2)5(7(10)8(12)13)4-6(11)9(14)15-3/h4-5,7H,1-3H3,(H,12,13)/t5-,7-/m1/s1. The summed E-state index contributed by atoms with van der Waals surface area (Å²) in [4.78, 5) is 21.5. The van der Waals surface area contributed by atoms with Crippen molar-refractivity contribution in [3.63, 3.8) is 0 Å². The first-order chi connectivity index (χ1) is 6.82. The zero-order valence-electron chi connectivity index (χ0n) is 8.78. The molecule has 0 radical (unpaired) electrons. The fourth-order valence-electron chi connectivity index (χ4n) is 1.78. The Morgan fingerprint density at radius 2 is 2.00 bits per heavy atom. The Labute approximate surface area is 86.7 Å². The van der Waals surface area contributed by atoms with Gasteiger partial charge in [0.1, 0.15) is 0 Å². The van der Waals surface area contributed by atoms with Crippen LogP contribution < -0.4 is 0 Å². The number of rotatable bonds is 3. The van der Waals surface area contributed by atoms with Crippen molar-refractivity contribution in [2.24, 2.45) is 17.3 Å². The van der Waals surface area contributed by atoms with Gasteiger partial charge in [-0.3, -0.25) is 4.79 Å². The van der Waals surface area contributed by atoms with E-state index in [0.29, 0.717) is 0 Å². The Hall–Kier alpha value is -1.39. The van der Waals surface area contributed by atoms with Gasteiger partial charge in [0.05, 0.1) is 13.0 Å². The molecule has 1 saturated carbocycles. The zero-order chi connectivity index (χ0) is 11.8. The largest absolute Gasteiger partial charge is 0.481 e. The highest BCUT2D eigenvalue weighted by atomic mass is 19.1. The monoisotopic (exact) mass is 216 g/mol. The first kappa shape index (κ1) is 11.7. The van der Waals surface area contributed by atoms with Crippen molar-refractivity contribution in [1.29, 1.82) is 0 Å². The summed E-state index contributed by atoms with van der Waals surface area (Å²) in [5.74, 6) is -4.15. The minimum absolute atomic E-state index is 0.450. The third kappa shape index (κ3) is 2.00.